The van der Waals surface area contributed by atoms with Crippen molar-refractivity contribution in [1.82, 2.24) is 14.9 Å². The van der Waals surface area contributed by atoms with Crippen LogP contribution in [0.25, 0.3) is 0 Å². The second-order valence-corrected chi connectivity index (χ2v) is 11.7. The quantitative estimate of drug-likeness (QED) is 0.339. The fraction of sp³-hybridized carbons (Fsp3) is 0.519. The monoisotopic (exact) mass is 533 g/mol. The third-order valence-corrected chi connectivity index (χ3v) is 8.09. The van der Waals surface area contributed by atoms with E-state index in [0.717, 1.165) is 12.0 Å². The van der Waals surface area contributed by atoms with E-state index < -0.39 is 22.2 Å². The molecule has 0 aliphatic carbocycles. The van der Waals surface area contributed by atoms with E-state index in [1.165, 1.54) is 23.5 Å². The van der Waals surface area contributed by atoms with Gasteiger partial charge in [0.25, 0.3) is 0 Å². The summed E-state index contributed by atoms with van der Waals surface area (Å²) in [6, 6.07) is 15.1. The van der Waals surface area contributed by atoms with Crippen LogP contribution in [0.15, 0.2) is 59.5 Å². The molecule has 1 fully saturated rings. The molecule has 10 heteroatoms. The van der Waals surface area contributed by atoms with Crippen LogP contribution >= 0.6 is 0 Å². The number of hydrogen-bond acceptors (Lipinski definition) is 7. The number of ether oxygens (including phenoxy) is 2. The highest BCUT2D eigenvalue weighted by Crippen LogP contribution is 2.21. The van der Waals surface area contributed by atoms with Crippen molar-refractivity contribution in [2.24, 2.45) is 5.92 Å². The van der Waals surface area contributed by atoms with Crippen LogP contribution in [0.5, 0.6) is 5.75 Å². The first-order chi connectivity index (χ1) is 17.7. The van der Waals surface area contributed by atoms with Gasteiger partial charge in [0.1, 0.15) is 5.75 Å². The Balaban J connectivity index is 1.77. The van der Waals surface area contributed by atoms with Gasteiger partial charge in [-0.05, 0) is 48.6 Å². The first kappa shape index (κ1) is 29.1. The molecule has 3 N–H and O–H groups in total. The summed E-state index contributed by atoms with van der Waals surface area (Å²) in [4.78, 5) is 12.9. The molecule has 0 radical (unpaired) electrons. The van der Waals surface area contributed by atoms with Crippen molar-refractivity contribution in [1.29, 1.82) is 0 Å². The van der Waals surface area contributed by atoms with Crippen LogP contribution in [0.4, 0.5) is 0 Å². The van der Waals surface area contributed by atoms with E-state index in [-0.39, 0.29) is 42.4 Å². The Morgan fingerprint density at radius 2 is 1.84 bits per heavy atom. The molecule has 1 heterocycles. The van der Waals surface area contributed by atoms with Crippen LogP contribution in [0, 0.1) is 5.92 Å². The lowest BCUT2D eigenvalue weighted by atomic mass is 10.0. The largest absolute Gasteiger partial charge is 0.497 e. The normalized spacial score (nSPS) is 17.6. The molecule has 0 aromatic heterocycles. The predicted molar refractivity (Wildman–Crippen MR) is 142 cm³/mol. The van der Waals surface area contributed by atoms with Crippen LogP contribution in [0.2, 0.25) is 0 Å². The minimum Gasteiger partial charge on any atom is -0.497 e. The van der Waals surface area contributed by atoms with Crippen molar-refractivity contribution in [3.63, 3.8) is 0 Å². The highest BCUT2D eigenvalue weighted by molar-refractivity contribution is 7.89. The van der Waals surface area contributed by atoms with E-state index in [1.807, 2.05) is 44.2 Å². The molecule has 0 bridgehead atoms. The molecule has 1 aliphatic rings. The van der Waals surface area contributed by atoms with Crippen molar-refractivity contribution in [3.05, 3.63) is 60.2 Å². The lowest BCUT2D eigenvalue weighted by Crippen LogP contribution is -2.53. The van der Waals surface area contributed by atoms with Crippen LogP contribution in [-0.4, -0.2) is 81.9 Å². The fourth-order valence-corrected chi connectivity index (χ4v) is 5.87. The van der Waals surface area contributed by atoms with E-state index in [9.17, 15) is 18.3 Å². The predicted octanol–water partition coefficient (Wildman–Crippen LogP) is 1.81. The third-order valence-electron chi connectivity index (χ3n) is 6.25. The molecule has 204 valence electrons. The van der Waals surface area contributed by atoms with Gasteiger partial charge < -0.3 is 25.2 Å². The van der Waals surface area contributed by atoms with Gasteiger partial charge in [0, 0.05) is 25.7 Å². The number of methoxy groups -OCH3 is 1. The fourth-order valence-electron chi connectivity index (χ4n) is 4.25. The zero-order valence-electron chi connectivity index (χ0n) is 21.8. The van der Waals surface area contributed by atoms with Crippen molar-refractivity contribution < 1.29 is 27.8 Å². The van der Waals surface area contributed by atoms with E-state index in [0.29, 0.717) is 25.4 Å². The maximum atomic E-state index is 13.5. The number of carbonyl (C=O) groups is 1. The molecule has 37 heavy (non-hydrogen) atoms. The number of rotatable bonds is 14. The van der Waals surface area contributed by atoms with Gasteiger partial charge in [-0.1, -0.05) is 44.2 Å². The van der Waals surface area contributed by atoms with E-state index in [2.05, 4.69) is 10.6 Å². The number of aliphatic hydroxyl groups is 1. The lowest BCUT2D eigenvalue weighted by molar-refractivity contribution is -0.122. The average molecular weight is 534 g/mol. The van der Waals surface area contributed by atoms with E-state index in [4.69, 9.17) is 9.47 Å². The molecule has 2 aromatic carbocycles. The Bertz CT molecular complexity index is 1070. The number of nitrogens with one attached hydrogen (secondary N) is 2. The number of benzene rings is 2. The van der Waals surface area contributed by atoms with Crippen molar-refractivity contribution in [3.8, 4) is 5.75 Å². The summed E-state index contributed by atoms with van der Waals surface area (Å²) in [7, 11) is -2.38. The summed E-state index contributed by atoms with van der Waals surface area (Å²) < 4.78 is 38.8. The van der Waals surface area contributed by atoms with Gasteiger partial charge in [-0.3, -0.25) is 4.79 Å². The zero-order valence-corrected chi connectivity index (χ0v) is 22.6. The first-order valence-corrected chi connectivity index (χ1v) is 14.1. The number of sulfonamides is 1. The SMILES string of the molecule is COc1ccc(S(=O)(=O)N(CC(C)C)C[C@@H](O)[C@H](Cc2ccccc2)NC(=O)CN[C@@H]2CCOC2)cc1. The molecule has 3 atom stereocenters. The maximum Gasteiger partial charge on any atom is 0.243 e. The second-order valence-electron chi connectivity index (χ2n) is 9.76. The lowest BCUT2D eigenvalue weighted by Gasteiger charge is -2.31. The Morgan fingerprint density at radius 1 is 1.14 bits per heavy atom. The first-order valence-electron chi connectivity index (χ1n) is 12.7. The van der Waals surface area contributed by atoms with Gasteiger partial charge >= 0.3 is 0 Å². The molecule has 1 aliphatic heterocycles. The van der Waals surface area contributed by atoms with Crippen molar-refractivity contribution >= 4 is 15.9 Å². The van der Waals surface area contributed by atoms with Gasteiger partial charge in [-0.25, -0.2) is 8.42 Å². The molecule has 0 spiro atoms. The number of carbonyl (C=O) groups excluding carboxylic acids is 1. The van der Waals surface area contributed by atoms with Gasteiger partial charge in [0.05, 0.1) is 37.3 Å². The summed E-state index contributed by atoms with van der Waals surface area (Å²) in [5.41, 5.74) is 0.928. The Kier molecular flexibility index (Phi) is 10.9. The number of nitrogens with zero attached hydrogens (tertiary/aromatic N) is 1. The van der Waals surface area contributed by atoms with Crippen LogP contribution < -0.4 is 15.4 Å². The number of hydrogen-bond donors (Lipinski definition) is 3. The van der Waals surface area contributed by atoms with Crippen molar-refractivity contribution in [2.45, 2.75) is 49.8 Å². The zero-order chi connectivity index (χ0) is 26.8. The Labute approximate surface area is 220 Å². The molecule has 9 nitrogen and oxygen atoms in total. The summed E-state index contributed by atoms with van der Waals surface area (Å²) in [6.07, 6.45) is 0.0699. The van der Waals surface area contributed by atoms with Crippen molar-refractivity contribution in [2.75, 3.05) is 40.0 Å². The standard InChI is InChI=1S/C27H39N3O6S/c1-20(2)17-30(37(33,34)24-11-9-23(35-3)10-12-24)18-26(31)25(15-21-7-5-4-6-8-21)29-27(32)16-28-22-13-14-36-19-22/h4-12,20,22,25-26,28,31H,13-19H2,1-3H3,(H,29,32)/t22-,25+,26-/m1/s1. The smallest absolute Gasteiger partial charge is 0.243 e. The third kappa shape index (κ3) is 8.79. The summed E-state index contributed by atoms with van der Waals surface area (Å²) in [5.74, 6) is 0.318. The number of amides is 1. The summed E-state index contributed by atoms with van der Waals surface area (Å²) >= 11 is 0. The van der Waals surface area contributed by atoms with Gasteiger partial charge in [0.2, 0.25) is 15.9 Å². The Hall–Kier alpha value is -2.50. The average Bonchev–Trinajstić information content (AvgIpc) is 3.41. The van der Waals surface area contributed by atoms with E-state index >= 15 is 0 Å². The maximum absolute atomic E-state index is 13.5. The highest BCUT2D eigenvalue weighted by atomic mass is 32.2. The molecule has 0 unspecified atom stereocenters. The van der Waals surface area contributed by atoms with E-state index in [1.54, 1.807) is 12.1 Å². The minimum atomic E-state index is -3.89. The topological polar surface area (TPSA) is 117 Å². The summed E-state index contributed by atoms with van der Waals surface area (Å²) in [5, 5.41) is 17.4. The Morgan fingerprint density at radius 3 is 2.43 bits per heavy atom. The molecule has 1 amide bonds. The molecule has 2 aromatic rings. The summed E-state index contributed by atoms with van der Waals surface area (Å²) in [6.45, 7) is 5.23. The van der Waals surface area contributed by atoms with Crippen LogP contribution in [-0.2, 0) is 26.0 Å². The molecule has 1 saturated heterocycles. The minimum absolute atomic E-state index is 0.0280. The van der Waals surface area contributed by atoms with Crippen LogP contribution in [0.1, 0.15) is 25.8 Å². The van der Waals surface area contributed by atoms with Gasteiger partial charge in [0.15, 0.2) is 0 Å². The molecule has 3 rings (SSSR count). The second kappa shape index (κ2) is 13.9. The van der Waals surface area contributed by atoms with Gasteiger partial charge in [-0.2, -0.15) is 4.31 Å². The van der Waals surface area contributed by atoms with Gasteiger partial charge in [-0.15, -0.1) is 0 Å². The highest BCUT2D eigenvalue weighted by Gasteiger charge is 2.31. The van der Waals surface area contributed by atoms with Crippen LogP contribution in [0.3, 0.4) is 0 Å². The molecular weight excluding hydrogens is 494 g/mol. The molecule has 0 saturated carbocycles. The number of aliphatic hydroxyl groups excluding tert-OH is 1. The molecular formula is C27H39N3O6S.